The summed E-state index contributed by atoms with van der Waals surface area (Å²) in [6.07, 6.45) is 0.792. The summed E-state index contributed by atoms with van der Waals surface area (Å²) in [5, 5.41) is 9.73. The summed E-state index contributed by atoms with van der Waals surface area (Å²) >= 11 is 0. The Hall–Kier alpha value is -3.41. The first kappa shape index (κ1) is 16.4. The van der Waals surface area contributed by atoms with E-state index >= 15 is 0 Å². The van der Waals surface area contributed by atoms with Crippen LogP contribution in [0.1, 0.15) is 33.2 Å². The number of carboxylic acid groups (broad SMARTS) is 1. The molecule has 1 aromatic heterocycles. The minimum absolute atomic E-state index is 0.137. The van der Waals surface area contributed by atoms with Gasteiger partial charge >= 0.3 is 17.6 Å². The summed E-state index contributed by atoms with van der Waals surface area (Å²) in [5.74, 6) is -2.34. The van der Waals surface area contributed by atoms with E-state index < -0.39 is 17.6 Å². The number of aryl methyl sites for hydroxylation is 1. The second-order valence-corrected chi connectivity index (χ2v) is 5.36. The maximum atomic E-state index is 12.3. The second-order valence-electron chi connectivity index (χ2n) is 5.36. The molecule has 126 valence electrons. The number of carbonyl (C=O) groups excluding carboxylic acids is 1. The Kier molecular flexibility index (Phi) is 4.35. The van der Waals surface area contributed by atoms with Gasteiger partial charge in [0, 0.05) is 5.39 Å². The van der Waals surface area contributed by atoms with Crippen molar-refractivity contribution in [1.82, 2.24) is 0 Å². The monoisotopic (exact) mass is 338 g/mol. The predicted octanol–water partition coefficient (Wildman–Crippen LogP) is 3.27. The van der Waals surface area contributed by atoms with Crippen LogP contribution in [0.3, 0.4) is 0 Å². The zero-order valence-electron chi connectivity index (χ0n) is 13.3. The van der Waals surface area contributed by atoms with Crippen molar-refractivity contribution in [2.45, 2.75) is 13.3 Å². The largest absolute Gasteiger partial charge is 0.478 e. The quantitative estimate of drug-likeness (QED) is 0.446. The summed E-state index contributed by atoms with van der Waals surface area (Å²) in [6, 6.07) is 12.4. The molecule has 0 aliphatic heterocycles. The van der Waals surface area contributed by atoms with E-state index in [1.807, 2.05) is 19.1 Å². The molecule has 0 atom stereocenters. The summed E-state index contributed by atoms with van der Waals surface area (Å²) in [5.41, 5.74) is 0.0892. The smallest absolute Gasteiger partial charge is 0.351 e. The van der Waals surface area contributed by atoms with Gasteiger partial charge in [-0.3, -0.25) is 0 Å². The molecule has 6 nitrogen and oxygen atoms in total. The van der Waals surface area contributed by atoms with E-state index in [0.29, 0.717) is 11.0 Å². The molecule has 0 saturated carbocycles. The average molecular weight is 338 g/mol. The lowest BCUT2D eigenvalue weighted by atomic mass is 10.1. The molecule has 0 bridgehead atoms. The lowest BCUT2D eigenvalue weighted by Crippen LogP contribution is -2.19. The summed E-state index contributed by atoms with van der Waals surface area (Å²) < 4.78 is 10.3. The molecule has 6 heteroatoms. The Balaban J connectivity index is 2.01. The van der Waals surface area contributed by atoms with Gasteiger partial charge in [-0.05, 0) is 42.3 Å². The molecule has 0 saturated heterocycles. The third kappa shape index (κ3) is 3.28. The van der Waals surface area contributed by atoms with Gasteiger partial charge in [0.1, 0.15) is 22.5 Å². The second kappa shape index (κ2) is 6.60. The molecule has 2 aromatic carbocycles. The number of carbonyl (C=O) groups is 2. The molecule has 1 heterocycles. The number of esters is 1. The minimum Gasteiger partial charge on any atom is -0.478 e. The van der Waals surface area contributed by atoms with E-state index in [9.17, 15) is 14.4 Å². The van der Waals surface area contributed by atoms with Crippen molar-refractivity contribution in [3.8, 4) is 5.75 Å². The number of ether oxygens (including phenoxy) is 1. The predicted molar refractivity (Wildman–Crippen MR) is 90.2 cm³/mol. The number of rotatable bonds is 4. The highest BCUT2D eigenvalue weighted by Gasteiger charge is 2.19. The van der Waals surface area contributed by atoms with E-state index in [4.69, 9.17) is 14.3 Å². The Morgan fingerprint density at radius 2 is 1.84 bits per heavy atom. The number of aromatic carboxylic acids is 1. The van der Waals surface area contributed by atoms with E-state index in [0.717, 1.165) is 12.0 Å². The van der Waals surface area contributed by atoms with Crippen molar-refractivity contribution in [1.29, 1.82) is 0 Å². The minimum atomic E-state index is -1.23. The molecule has 0 spiro atoms. The topological polar surface area (TPSA) is 93.8 Å². The van der Waals surface area contributed by atoms with Crippen LogP contribution >= 0.6 is 0 Å². The van der Waals surface area contributed by atoms with Gasteiger partial charge in [-0.25, -0.2) is 14.4 Å². The third-order valence-electron chi connectivity index (χ3n) is 3.74. The Morgan fingerprint density at radius 1 is 1.08 bits per heavy atom. The lowest BCUT2D eigenvalue weighted by molar-refractivity contribution is 0.0680. The van der Waals surface area contributed by atoms with Gasteiger partial charge in [0.05, 0.1) is 0 Å². The Labute approximate surface area is 142 Å². The van der Waals surface area contributed by atoms with Gasteiger partial charge in [-0.15, -0.1) is 0 Å². The van der Waals surface area contributed by atoms with Gasteiger partial charge in [-0.2, -0.15) is 0 Å². The van der Waals surface area contributed by atoms with Crippen LogP contribution in [0.2, 0.25) is 0 Å². The summed E-state index contributed by atoms with van der Waals surface area (Å²) in [7, 11) is 0. The first-order valence-electron chi connectivity index (χ1n) is 7.61. The van der Waals surface area contributed by atoms with Crippen molar-refractivity contribution >= 4 is 22.9 Å². The molecular weight excluding hydrogens is 324 g/mol. The van der Waals surface area contributed by atoms with Crippen LogP contribution in [0, 0.1) is 0 Å². The van der Waals surface area contributed by atoms with Crippen molar-refractivity contribution < 1.29 is 23.8 Å². The molecule has 3 aromatic rings. The number of hydrogen-bond donors (Lipinski definition) is 1. The maximum Gasteiger partial charge on any atom is 0.351 e. The highest BCUT2D eigenvalue weighted by molar-refractivity contribution is 5.96. The molecule has 25 heavy (non-hydrogen) atoms. The Morgan fingerprint density at radius 3 is 2.56 bits per heavy atom. The zero-order valence-corrected chi connectivity index (χ0v) is 13.3. The number of hydrogen-bond acceptors (Lipinski definition) is 5. The molecule has 0 unspecified atom stereocenters. The van der Waals surface area contributed by atoms with Gasteiger partial charge < -0.3 is 14.3 Å². The van der Waals surface area contributed by atoms with Crippen molar-refractivity contribution in [3.63, 3.8) is 0 Å². The van der Waals surface area contributed by atoms with E-state index in [1.54, 1.807) is 6.07 Å². The van der Waals surface area contributed by atoms with Crippen LogP contribution < -0.4 is 10.4 Å². The van der Waals surface area contributed by atoms with E-state index in [1.165, 1.54) is 30.3 Å². The highest BCUT2D eigenvalue weighted by atomic mass is 16.5. The number of benzene rings is 2. The zero-order chi connectivity index (χ0) is 18.0. The highest BCUT2D eigenvalue weighted by Crippen LogP contribution is 2.20. The fourth-order valence-electron chi connectivity index (χ4n) is 2.42. The van der Waals surface area contributed by atoms with Gasteiger partial charge in [0.2, 0.25) is 0 Å². The number of carboxylic acids is 1. The van der Waals surface area contributed by atoms with Crippen LogP contribution in [0.4, 0.5) is 0 Å². The fourth-order valence-corrected chi connectivity index (χ4v) is 2.42. The standard InChI is InChI=1S/C19H14O6/c1-2-11-7-8-15-12(9-11)10-14(18(22)24-15)19(23)25-16-6-4-3-5-13(16)17(20)21/h3-10H,2H2,1H3,(H,20,21). The summed E-state index contributed by atoms with van der Waals surface area (Å²) in [4.78, 5) is 35.6. The molecule has 0 amide bonds. The van der Waals surface area contributed by atoms with Crippen molar-refractivity contribution in [2.24, 2.45) is 0 Å². The first-order chi connectivity index (χ1) is 12.0. The SMILES string of the molecule is CCc1ccc2oc(=O)c(C(=O)Oc3ccccc3C(=O)O)cc2c1. The molecule has 0 aliphatic carbocycles. The maximum absolute atomic E-state index is 12.3. The van der Waals surface area contributed by atoms with Gasteiger partial charge in [0.25, 0.3) is 0 Å². The molecular formula is C19H14O6. The van der Waals surface area contributed by atoms with Crippen LogP contribution in [0.25, 0.3) is 11.0 Å². The molecule has 1 N–H and O–H groups in total. The molecule has 0 aliphatic rings. The van der Waals surface area contributed by atoms with Crippen molar-refractivity contribution in [3.05, 3.63) is 75.6 Å². The third-order valence-corrected chi connectivity index (χ3v) is 3.74. The van der Waals surface area contributed by atoms with Crippen LogP contribution in [-0.4, -0.2) is 17.0 Å². The molecule has 3 rings (SSSR count). The molecule has 0 radical (unpaired) electrons. The van der Waals surface area contributed by atoms with Crippen LogP contribution in [-0.2, 0) is 6.42 Å². The Bertz CT molecular complexity index is 1030. The van der Waals surface area contributed by atoms with Crippen LogP contribution in [0.15, 0.2) is 57.7 Å². The number of fused-ring (bicyclic) bond motifs is 1. The summed E-state index contributed by atoms with van der Waals surface area (Å²) in [6.45, 7) is 1.98. The van der Waals surface area contributed by atoms with E-state index in [-0.39, 0.29) is 16.9 Å². The normalized spacial score (nSPS) is 10.6. The van der Waals surface area contributed by atoms with Crippen molar-refractivity contribution in [2.75, 3.05) is 0 Å². The fraction of sp³-hybridized carbons (Fsp3) is 0.105. The molecule has 0 fully saturated rings. The lowest BCUT2D eigenvalue weighted by Gasteiger charge is -2.07. The average Bonchev–Trinajstić information content (AvgIpc) is 2.61. The van der Waals surface area contributed by atoms with E-state index in [2.05, 4.69) is 0 Å². The number of para-hydroxylation sites is 1. The van der Waals surface area contributed by atoms with Gasteiger partial charge in [0.15, 0.2) is 0 Å². The first-order valence-corrected chi connectivity index (χ1v) is 7.61. The van der Waals surface area contributed by atoms with Gasteiger partial charge in [-0.1, -0.05) is 25.1 Å². The van der Waals surface area contributed by atoms with Crippen LogP contribution in [0.5, 0.6) is 5.75 Å².